The average molecular weight is 283 g/mol. The molecule has 3 nitrogen and oxygen atoms in total. The van der Waals surface area contributed by atoms with E-state index in [4.69, 9.17) is 5.26 Å². The molecule has 0 fully saturated rings. The largest absolute Gasteiger partial charge is 0.333 e. The Morgan fingerprint density at radius 1 is 1.25 bits per heavy atom. The van der Waals surface area contributed by atoms with E-state index in [1.165, 1.54) is 30.0 Å². The summed E-state index contributed by atoms with van der Waals surface area (Å²) in [5.41, 5.74) is 3.04. The molecule has 0 atom stereocenters. The van der Waals surface area contributed by atoms with Gasteiger partial charge in [-0.25, -0.2) is 9.37 Å². The number of aromatic amines is 1. The van der Waals surface area contributed by atoms with Crippen LogP contribution in [-0.4, -0.2) is 9.97 Å². The Labute approximate surface area is 119 Å². The van der Waals surface area contributed by atoms with E-state index < -0.39 is 0 Å². The van der Waals surface area contributed by atoms with Gasteiger partial charge in [-0.2, -0.15) is 5.26 Å². The number of H-pyrrole nitrogens is 1. The maximum atomic E-state index is 13.2. The SMILES string of the molecule is N#Cc1ccc(F)cc1CSc1nc2ccccc2[nH]1. The quantitative estimate of drug-likeness (QED) is 0.742. The van der Waals surface area contributed by atoms with Crippen LogP contribution in [-0.2, 0) is 5.75 Å². The first-order valence-corrected chi connectivity index (χ1v) is 7.01. The Hall–Kier alpha value is -2.32. The number of para-hydroxylation sites is 2. The Morgan fingerprint density at radius 2 is 2.10 bits per heavy atom. The summed E-state index contributed by atoms with van der Waals surface area (Å²) in [6, 6.07) is 14.0. The molecule has 98 valence electrons. The zero-order valence-corrected chi connectivity index (χ0v) is 11.2. The van der Waals surface area contributed by atoms with E-state index in [-0.39, 0.29) is 5.82 Å². The highest BCUT2D eigenvalue weighted by Crippen LogP contribution is 2.24. The summed E-state index contributed by atoms with van der Waals surface area (Å²) in [6.07, 6.45) is 0. The Kier molecular flexibility index (Phi) is 3.40. The summed E-state index contributed by atoms with van der Waals surface area (Å²) < 4.78 is 13.2. The molecule has 1 N–H and O–H groups in total. The van der Waals surface area contributed by atoms with Crippen LogP contribution in [0.25, 0.3) is 11.0 Å². The van der Waals surface area contributed by atoms with E-state index in [1.54, 1.807) is 0 Å². The number of aromatic nitrogens is 2. The molecule has 3 rings (SSSR count). The molecular weight excluding hydrogens is 273 g/mol. The number of hydrogen-bond donors (Lipinski definition) is 1. The van der Waals surface area contributed by atoms with Gasteiger partial charge in [-0.05, 0) is 35.9 Å². The Balaban J connectivity index is 1.83. The van der Waals surface area contributed by atoms with E-state index in [2.05, 4.69) is 16.0 Å². The smallest absolute Gasteiger partial charge is 0.166 e. The number of benzene rings is 2. The second-order valence-corrected chi connectivity index (χ2v) is 5.23. The number of nitrogens with one attached hydrogen (secondary N) is 1. The lowest BCUT2D eigenvalue weighted by Gasteiger charge is -2.02. The van der Waals surface area contributed by atoms with Crippen LogP contribution >= 0.6 is 11.8 Å². The van der Waals surface area contributed by atoms with Crippen molar-refractivity contribution in [2.45, 2.75) is 10.9 Å². The van der Waals surface area contributed by atoms with E-state index in [9.17, 15) is 4.39 Å². The second kappa shape index (κ2) is 5.35. The van der Waals surface area contributed by atoms with Gasteiger partial charge in [0.25, 0.3) is 0 Å². The van der Waals surface area contributed by atoms with Crippen molar-refractivity contribution in [2.75, 3.05) is 0 Å². The number of fused-ring (bicyclic) bond motifs is 1. The highest BCUT2D eigenvalue weighted by molar-refractivity contribution is 7.98. The minimum Gasteiger partial charge on any atom is -0.333 e. The van der Waals surface area contributed by atoms with E-state index in [0.717, 1.165) is 16.2 Å². The molecule has 1 aromatic heterocycles. The molecule has 0 unspecified atom stereocenters. The fourth-order valence-electron chi connectivity index (χ4n) is 1.93. The lowest BCUT2D eigenvalue weighted by Crippen LogP contribution is -1.89. The molecular formula is C15H10FN3S. The molecule has 0 bridgehead atoms. The fourth-order valence-corrected chi connectivity index (χ4v) is 2.81. The molecule has 2 aromatic carbocycles. The van der Waals surface area contributed by atoms with Crippen LogP contribution in [0.3, 0.4) is 0 Å². The maximum absolute atomic E-state index is 13.2. The number of nitrogens with zero attached hydrogens (tertiary/aromatic N) is 2. The van der Waals surface area contributed by atoms with Gasteiger partial charge in [-0.1, -0.05) is 23.9 Å². The molecule has 0 saturated carbocycles. The molecule has 5 heteroatoms. The van der Waals surface area contributed by atoms with Crippen molar-refractivity contribution in [3.05, 3.63) is 59.4 Å². The Bertz CT molecular complexity index is 771. The van der Waals surface area contributed by atoms with Crippen molar-refractivity contribution in [3.8, 4) is 6.07 Å². The van der Waals surface area contributed by atoms with Crippen molar-refractivity contribution >= 4 is 22.8 Å². The van der Waals surface area contributed by atoms with Crippen LogP contribution in [0.15, 0.2) is 47.6 Å². The zero-order valence-electron chi connectivity index (χ0n) is 10.4. The third kappa shape index (κ3) is 2.51. The number of thioether (sulfide) groups is 1. The molecule has 0 aliphatic carbocycles. The Morgan fingerprint density at radius 3 is 2.90 bits per heavy atom. The molecule has 0 aliphatic rings. The van der Waals surface area contributed by atoms with Crippen LogP contribution < -0.4 is 0 Å². The minimum absolute atomic E-state index is 0.329. The monoisotopic (exact) mass is 283 g/mol. The van der Waals surface area contributed by atoms with Gasteiger partial charge in [0.1, 0.15) is 5.82 Å². The molecule has 0 amide bonds. The lowest BCUT2D eigenvalue weighted by molar-refractivity contribution is 0.626. The van der Waals surface area contributed by atoms with Crippen molar-refractivity contribution in [1.82, 2.24) is 9.97 Å². The standard InChI is InChI=1S/C15H10FN3S/c16-12-6-5-10(8-17)11(7-12)9-20-15-18-13-3-1-2-4-14(13)19-15/h1-7H,9H2,(H,18,19). The van der Waals surface area contributed by atoms with E-state index in [0.29, 0.717) is 16.9 Å². The van der Waals surface area contributed by atoms with Crippen LogP contribution in [0, 0.1) is 17.1 Å². The first kappa shape index (κ1) is 12.7. The number of imidazole rings is 1. The molecule has 0 spiro atoms. The summed E-state index contributed by atoms with van der Waals surface area (Å²) in [5.74, 6) is 0.171. The molecule has 0 saturated heterocycles. The number of halogens is 1. The van der Waals surface area contributed by atoms with Gasteiger partial charge >= 0.3 is 0 Å². The first-order chi connectivity index (χ1) is 9.76. The van der Waals surface area contributed by atoms with Crippen LogP contribution in [0.1, 0.15) is 11.1 Å². The summed E-state index contributed by atoms with van der Waals surface area (Å²) in [6.45, 7) is 0. The van der Waals surface area contributed by atoms with Gasteiger partial charge in [-0.15, -0.1) is 0 Å². The predicted octanol–water partition coefficient (Wildman–Crippen LogP) is 3.87. The number of nitriles is 1. The maximum Gasteiger partial charge on any atom is 0.166 e. The van der Waals surface area contributed by atoms with Gasteiger partial charge in [-0.3, -0.25) is 0 Å². The molecule has 0 aliphatic heterocycles. The van der Waals surface area contributed by atoms with Crippen LogP contribution in [0.5, 0.6) is 0 Å². The number of hydrogen-bond acceptors (Lipinski definition) is 3. The van der Waals surface area contributed by atoms with Gasteiger partial charge in [0.05, 0.1) is 22.7 Å². The van der Waals surface area contributed by atoms with Crippen molar-refractivity contribution in [2.24, 2.45) is 0 Å². The lowest BCUT2D eigenvalue weighted by atomic mass is 10.1. The van der Waals surface area contributed by atoms with Gasteiger partial charge in [0.15, 0.2) is 5.16 Å². The highest BCUT2D eigenvalue weighted by atomic mass is 32.2. The average Bonchev–Trinajstić information content (AvgIpc) is 2.88. The molecule has 3 aromatic rings. The molecule has 0 radical (unpaired) electrons. The zero-order chi connectivity index (χ0) is 13.9. The van der Waals surface area contributed by atoms with Crippen molar-refractivity contribution < 1.29 is 4.39 Å². The number of rotatable bonds is 3. The van der Waals surface area contributed by atoms with E-state index in [1.807, 2.05) is 24.3 Å². The minimum atomic E-state index is -0.329. The van der Waals surface area contributed by atoms with Gasteiger partial charge in [0, 0.05) is 5.75 Å². The molecule has 1 heterocycles. The summed E-state index contributed by atoms with van der Waals surface area (Å²) in [4.78, 5) is 7.63. The second-order valence-electron chi connectivity index (χ2n) is 4.26. The fraction of sp³-hybridized carbons (Fsp3) is 0.0667. The summed E-state index contributed by atoms with van der Waals surface area (Å²) in [7, 11) is 0. The summed E-state index contributed by atoms with van der Waals surface area (Å²) in [5, 5.41) is 9.78. The van der Waals surface area contributed by atoms with Crippen molar-refractivity contribution in [1.29, 1.82) is 5.26 Å². The third-order valence-corrected chi connectivity index (χ3v) is 3.84. The third-order valence-electron chi connectivity index (χ3n) is 2.92. The van der Waals surface area contributed by atoms with Crippen LogP contribution in [0.4, 0.5) is 4.39 Å². The van der Waals surface area contributed by atoms with Gasteiger partial charge < -0.3 is 4.98 Å². The van der Waals surface area contributed by atoms with Crippen LogP contribution in [0.2, 0.25) is 0 Å². The topological polar surface area (TPSA) is 52.5 Å². The first-order valence-electron chi connectivity index (χ1n) is 6.02. The summed E-state index contributed by atoms with van der Waals surface area (Å²) >= 11 is 1.45. The predicted molar refractivity (Wildman–Crippen MR) is 76.8 cm³/mol. The molecule has 20 heavy (non-hydrogen) atoms. The van der Waals surface area contributed by atoms with Gasteiger partial charge in [0.2, 0.25) is 0 Å². The highest BCUT2D eigenvalue weighted by Gasteiger charge is 2.07. The van der Waals surface area contributed by atoms with E-state index >= 15 is 0 Å². The van der Waals surface area contributed by atoms with Crippen molar-refractivity contribution in [3.63, 3.8) is 0 Å². The normalized spacial score (nSPS) is 10.6.